The average Bonchev–Trinajstić information content (AvgIpc) is 1.84. The molecule has 3 N–H and O–H groups in total. The van der Waals surface area contributed by atoms with E-state index >= 15 is 0 Å². The fourth-order valence-electron chi connectivity index (χ4n) is 0.166. The first kappa shape index (κ1) is 6.94. The molecule has 0 fully saturated rings. The molecule has 0 atom stereocenters. The van der Waals surface area contributed by atoms with Gasteiger partial charge in [-0.05, 0) is 13.8 Å². The van der Waals surface area contributed by atoms with Crippen LogP contribution in [0.25, 0.3) is 0 Å². The van der Waals surface area contributed by atoms with E-state index in [2.05, 4.69) is 10.3 Å². The molecular formula is C4H9N3O. The minimum Gasteiger partial charge on any atom is -0.411 e. The van der Waals surface area contributed by atoms with Crippen LogP contribution in [0.1, 0.15) is 13.8 Å². The average molecular weight is 115 g/mol. The molecule has 0 aliphatic carbocycles. The molecule has 0 saturated carbocycles. The third kappa shape index (κ3) is 1.59. The zero-order valence-corrected chi connectivity index (χ0v) is 4.92. The van der Waals surface area contributed by atoms with Crippen LogP contribution in [0.2, 0.25) is 0 Å². The van der Waals surface area contributed by atoms with Crippen LogP contribution in [0.15, 0.2) is 10.3 Å². The normalized spacial score (nSPS) is 14.2. The Morgan fingerprint density at radius 1 is 1.38 bits per heavy atom. The Hall–Kier alpha value is -1.06. The van der Waals surface area contributed by atoms with Crippen molar-refractivity contribution in [3.8, 4) is 0 Å². The lowest BCUT2D eigenvalue weighted by Crippen LogP contribution is -2.07. The van der Waals surface area contributed by atoms with Crippen molar-refractivity contribution >= 4 is 11.4 Å². The Morgan fingerprint density at radius 3 is 2.00 bits per heavy atom. The number of hydrogen-bond donors (Lipinski definition) is 2. The number of rotatable bonds is 1. The highest BCUT2D eigenvalue weighted by Crippen LogP contribution is 1.77. The largest absolute Gasteiger partial charge is 0.411 e. The van der Waals surface area contributed by atoms with Crippen molar-refractivity contribution < 1.29 is 5.21 Å². The summed E-state index contributed by atoms with van der Waals surface area (Å²) in [5.74, 6) is 4.84. The summed E-state index contributed by atoms with van der Waals surface area (Å²) in [5.41, 5.74) is 0.972. The van der Waals surface area contributed by atoms with Crippen molar-refractivity contribution in [3.63, 3.8) is 0 Å². The van der Waals surface area contributed by atoms with E-state index in [1.54, 1.807) is 13.8 Å². The zero-order chi connectivity index (χ0) is 6.57. The van der Waals surface area contributed by atoms with Gasteiger partial charge in [0.15, 0.2) is 0 Å². The van der Waals surface area contributed by atoms with Gasteiger partial charge in [-0.15, -0.1) is 0 Å². The Labute approximate surface area is 47.7 Å². The van der Waals surface area contributed by atoms with Gasteiger partial charge in [0, 0.05) is 0 Å². The molecule has 0 aliphatic heterocycles. The topological polar surface area (TPSA) is 71.0 Å². The molecule has 0 bridgehead atoms. The van der Waals surface area contributed by atoms with Gasteiger partial charge >= 0.3 is 0 Å². The molecule has 0 aromatic heterocycles. The molecule has 0 heterocycles. The van der Waals surface area contributed by atoms with Crippen molar-refractivity contribution in [2.75, 3.05) is 0 Å². The van der Waals surface area contributed by atoms with Crippen LogP contribution < -0.4 is 5.84 Å². The molecule has 0 spiro atoms. The number of hydrogen-bond acceptors (Lipinski definition) is 4. The summed E-state index contributed by atoms with van der Waals surface area (Å²) in [6, 6.07) is 0. The van der Waals surface area contributed by atoms with Gasteiger partial charge in [-0.1, -0.05) is 5.16 Å². The highest BCUT2D eigenvalue weighted by molar-refractivity contribution is 6.40. The third-order valence-electron chi connectivity index (χ3n) is 0.867. The lowest BCUT2D eigenvalue weighted by molar-refractivity contribution is 0.320. The van der Waals surface area contributed by atoms with Crippen molar-refractivity contribution in [1.29, 1.82) is 0 Å². The van der Waals surface area contributed by atoms with Gasteiger partial charge in [-0.3, -0.25) is 0 Å². The van der Waals surface area contributed by atoms with Crippen LogP contribution in [0.4, 0.5) is 0 Å². The van der Waals surface area contributed by atoms with Crippen LogP contribution in [0.5, 0.6) is 0 Å². The summed E-state index contributed by atoms with van der Waals surface area (Å²) in [6.45, 7) is 3.28. The monoisotopic (exact) mass is 115 g/mol. The van der Waals surface area contributed by atoms with E-state index in [1.807, 2.05) is 0 Å². The highest BCUT2D eigenvalue weighted by Gasteiger charge is 1.92. The Morgan fingerprint density at radius 2 is 1.88 bits per heavy atom. The number of oxime groups is 1. The summed E-state index contributed by atoms with van der Waals surface area (Å²) in [7, 11) is 0. The Balaban J connectivity index is 4.04. The molecule has 0 rings (SSSR count). The molecule has 0 unspecified atom stereocenters. The Bertz CT molecular complexity index is 111. The third-order valence-corrected chi connectivity index (χ3v) is 0.867. The van der Waals surface area contributed by atoms with Gasteiger partial charge in [0.05, 0.1) is 11.4 Å². The summed E-state index contributed by atoms with van der Waals surface area (Å²) < 4.78 is 0. The SMILES string of the molecule is CC(=N/N)/C(C)=N\O. The molecule has 8 heavy (non-hydrogen) atoms. The van der Waals surface area contributed by atoms with E-state index in [1.165, 1.54) is 0 Å². The molecule has 0 radical (unpaired) electrons. The summed E-state index contributed by atoms with van der Waals surface area (Å²) in [6.07, 6.45) is 0. The summed E-state index contributed by atoms with van der Waals surface area (Å²) in [5, 5.41) is 14.2. The number of nitrogens with zero attached hydrogens (tertiary/aromatic N) is 2. The molecule has 0 saturated heterocycles. The van der Waals surface area contributed by atoms with Crippen molar-refractivity contribution in [2.24, 2.45) is 16.1 Å². The van der Waals surface area contributed by atoms with Gasteiger partial charge in [0.25, 0.3) is 0 Å². The second-order valence-corrected chi connectivity index (χ2v) is 1.40. The first-order valence-corrected chi connectivity index (χ1v) is 2.16. The summed E-state index contributed by atoms with van der Waals surface area (Å²) in [4.78, 5) is 0. The number of hydrazone groups is 1. The van der Waals surface area contributed by atoms with Crippen molar-refractivity contribution in [2.45, 2.75) is 13.8 Å². The maximum absolute atomic E-state index is 8.09. The number of nitrogens with two attached hydrogens (primary N) is 1. The molecule has 46 valence electrons. The van der Waals surface area contributed by atoms with E-state index < -0.39 is 0 Å². The van der Waals surface area contributed by atoms with Gasteiger partial charge < -0.3 is 11.0 Å². The molecule has 0 aliphatic rings. The van der Waals surface area contributed by atoms with E-state index in [0.29, 0.717) is 11.4 Å². The second-order valence-electron chi connectivity index (χ2n) is 1.40. The molecule has 0 aromatic carbocycles. The first-order valence-electron chi connectivity index (χ1n) is 2.16. The maximum Gasteiger partial charge on any atom is 0.0993 e. The lowest BCUT2D eigenvalue weighted by Gasteiger charge is -1.90. The smallest absolute Gasteiger partial charge is 0.0993 e. The summed E-state index contributed by atoms with van der Waals surface area (Å²) >= 11 is 0. The minimum absolute atomic E-state index is 0.438. The van der Waals surface area contributed by atoms with E-state index in [9.17, 15) is 0 Å². The van der Waals surface area contributed by atoms with Crippen LogP contribution >= 0.6 is 0 Å². The van der Waals surface area contributed by atoms with Crippen LogP contribution in [0, 0.1) is 0 Å². The minimum atomic E-state index is 0.438. The molecule has 0 amide bonds. The van der Waals surface area contributed by atoms with E-state index in [4.69, 9.17) is 11.0 Å². The van der Waals surface area contributed by atoms with Gasteiger partial charge in [0.2, 0.25) is 0 Å². The van der Waals surface area contributed by atoms with Crippen LogP contribution in [-0.2, 0) is 0 Å². The lowest BCUT2D eigenvalue weighted by atomic mass is 10.3. The van der Waals surface area contributed by atoms with Crippen molar-refractivity contribution in [3.05, 3.63) is 0 Å². The maximum atomic E-state index is 8.09. The first-order chi connectivity index (χ1) is 3.72. The standard InChI is InChI=1S/C4H9N3O/c1-3(6-5)4(2)7-8/h8H,5H2,1-2H3/b6-3-,7-4-. The van der Waals surface area contributed by atoms with E-state index in [0.717, 1.165) is 0 Å². The zero-order valence-electron chi connectivity index (χ0n) is 4.92. The van der Waals surface area contributed by atoms with E-state index in [-0.39, 0.29) is 0 Å². The quantitative estimate of drug-likeness (QED) is 0.221. The van der Waals surface area contributed by atoms with Crippen LogP contribution in [0.3, 0.4) is 0 Å². The van der Waals surface area contributed by atoms with Gasteiger partial charge in [-0.25, -0.2) is 0 Å². The van der Waals surface area contributed by atoms with Gasteiger partial charge in [-0.2, -0.15) is 5.10 Å². The fourth-order valence-corrected chi connectivity index (χ4v) is 0.166. The predicted molar refractivity (Wildman–Crippen MR) is 32.2 cm³/mol. The molecule has 0 aromatic rings. The second kappa shape index (κ2) is 3.01. The predicted octanol–water partition coefficient (Wildman–Crippen LogP) is 0.171. The molecule has 4 heteroatoms. The van der Waals surface area contributed by atoms with Crippen LogP contribution in [-0.4, -0.2) is 16.6 Å². The molecule has 4 nitrogen and oxygen atoms in total. The highest BCUT2D eigenvalue weighted by atomic mass is 16.4. The fraction of sp³-hybridized carbons (Fsp3) is 0.500. The van der Waals surface area contributed by atoms with Gasteiger partial charge in [0.1, 0.15) is 0 Å². The van der Waals surface area contributed by atoms with Crippen molar-refractivity contribution in [1.82, 2.24) is 0 Å². The Kier molecular flexibility index (Phi) is 2.61. The molecular weight excluding hydrogens is 106 g/mol.